The van der Waals surface area contributed by atoms with E-state index < -0.39 is 63.7 Å². The van der Waals surface area contributed by atoms with Gasteiger partial charge in [0.15, 0.2) is 28.9 Å². The molecule has 5 rings (SSSR count). The van der Waals surface area contributed by atoms with E-state index in [0.29, 0.717) is 11.2 Å². The van der Waals surface area contributed by atoms with Crippen molar-refractivity contribution in [3.05, 3.63) is 17.8 Å². The summed E-state index contributed by atoms with van der Waals surface area (Å²) in [5.41, 5.74) is 0.237. The Morgan fingerprint density at radius 2 is 2.00 bits per heavy atom. The largest absolute Gasteiger partial charge is 0.393 e. The minimum Gasteiger partial charge on any atom is -0.393 e. The normalized spacial score (nSPS) is 25.9. The molecule has 0 radical (unpaired) electrons. The zero-order chi connectivity index (χ0) is 27.1. The van der Waals surface area contributed by atoms with Gasteiger partial charge in [0.25, 0.3) is 0 Å². The SMILES string of the molecule is O=P(O)(O)C(CO)(Cc1nn[nH]n1)OC[C@H]1O[C@H](n2ncc3c(NC4CCC4)nc(CO)nc32)[C@H](O)[C@@H]1O. The predicted octanol–water partition coefficient (Wildman–Crippen LogP) is -2.46. The lowest BCUT2D eigenvalue weighted by molar-refractivity contribution is -0.109. The fourth-order valence-corrected chi connectivity index (χ4v) is 5.10. The lowest BCUT2D eigenvalue weighted by atomic mass is 9.93. The van der Waals surface area contributed by atoms with E-state index in [0.717, 1.165) is 19.3 Å². The molecule has 3 aromatic heterocycles. The van der Waals surface area contributed by atoms with Crippen LogP contribution in [0.5, 0.6) is 0 Å². The lowest BCUT2D eigenvalue weighted by Crippen LogP contribution is -2.43. The molecule has 1 aliphatic carbocycles. The number of fused-ring (bicyclic) bond motifs is 1. The first-order chi connectivity index (χ1) is 18.2. The van der Waals surface area contributed by atoms with Gasteiger partial charge in [-0.05, 0) is 19.3 Å². The maximum absolute atomic E-state index is 12.3. The first kappa shape index (κ1) is 26.9. The van der Waals surface area contributed by atoms with Gasteiger partial charge in [-0.15, -0.1) is 10.2 Å². The number of nitrogens with zero attached hydrogens (tertiary/aromatic N) is 7. The predicted molar refractivity (Wildman–Crippen MR) is 124 cm³/mol. The van der Waals surface area contributed by atoms with Crippen LogP contribution in [-0.4, -0.2) is 113 Å². The molecule has 38 heavy (non-hydrogen) atoms. The van der Waals surface area contributed by atoms with Crippen LogP contribution in [0.2, 0.25) is 0 Å². The Labute approximate surface area is 214 Å². The summed E-state index contributed by atoms with van der Waals surface area (Å²) in [6.45, 7) is -2.18. The quantitative estimate of drug-likeness (QED) is 0.114. The Bertz CT molecular complexity index is 1300. The number of H-pyrrole nitrogens is 1. The molecule has 208 valence electrons. The van der Waals surface area contributed by atoms with E-state index in [9.17, 15) is 34.8 Å². The smallest absolute Gasteiger partial charge is 0.359 e. The molecule has 8 N–H and O–H groups in total. The van der Waals surface area contributed by atoms with Crippen LogP contribution >= 0.6 is 7.60 Å². The molecule has 1 saturated heterocycles. The highest BCUT2D eigenvalue weighted by Gasteiger charge is 2.52. The number of aromatic nitrogens is 8. The molecule has 18 nitrogen and oxygen atoms in total. The zero-order valence-electron chi connectivity index (χ0n) is 19.9. The Morgan fingerprint density at radius 1 is 1.21 bits per heavy atom. The number of aliphatic hydroxyl groups is 4. The average Bonchev–Trinajstić information content (AvgIpc) is 3.59. The number of aliphatic hydroxyl groups excluding tert-OH is 4. The van der Waals surface area contributed by atoms with Crippen LogP contribution < -0.4 is 5.32 Å². The number of hydrogen-bond acceptors (Lipinski definition) is 14. The molecule has 0 spiro atoms. The van der Waals surface area contributed by atoms with Gasteiger partial charge in [0.1, 0.15) is 30.7 Å². The van der Waals surface area contributed by atoms with Crippen LogP contribution in [0.4, 0.5) is 5.82 Å². The van der Waals surface area contributed by atoms with Gasteiger partial charge >= 0.3 is 7.60 Å². The molecule has 19 heteroatoms. The Balaban J connectivity index is 1.38. The third-order valence-electron chi connectivity index (χ3n) is 6.78. The molecule has 5 atom stereocenters. The molecule has 1 saturated carbocycles. The number of ether oxygens (including phenoxy) is 2. The summed E-state index contributed by atoms with van der Waals surface area (Å²) in [6, 6.07) is 0.230. The topological polar surface area (TPSA) is 267 Å². The second kappa shape index (κ2) is 10.5. The van der Waals surface area contributed by atoms with Crippen LogP contribution in [0.25, 0.3) is 11.0 Å². The molecular weight excluding hydrogens is 529 g/mol. The van der Waals surface area contributed by atoms with Crippen LogP contribution in [0.1, 0.15) is 37.1 Å². The van der Waals surface area contributed by atoms with E-state index >= 15 is 0 Å². The summed E-state index contributed by atoms with van der Waals surface area (Å²) in [5.74, 6) is 0.463. The van der Waals surface area contributed by atoms with Gasteiger partial charge in [-0.25, -0.2) is 14.6 Å². The maximum atomic E-state index is 12.3. The second-order valence-electron chi connectivity index (χ2n) is 9.26. The zero-order valence-corrected chi connectivity index (χ0v) is 20.8. The Hall–Kier alpha value is -2.67. The van der Waals surface area contributed by atoms with Crippen molar-refractivity contribution >= 4 is 24.4 Å². The van der Waals surface area contributed by atoms with Crippen molar-refractivity contribution in [1.82, 2.24) is 40.4 Å². The summed E-state index contributed by atoms with van der Waals surface area (Å²) in [5, 5.41) is 59.3. The Morgan fingerprint density at radius 3 is 2.61 bits per heavy atom. The highest BCUT2D eigenvalue weighted by Crippen LogP contribution is 2.53. The van der Waals surface area contributed by atoms with Gasteiger partial charge in [-0.1, -0.05) is 5.21 Å². The van der Waals surface area contributed by atoms with E-state index in [1.165, 1.54) is 10.9 Å². The minimum absolute atomic E-state index is 0.116. The van der Waals surface area contributed by atoms with E-state index in [4.69, 9.17) is 9.47 Å². The third kappa shape index (κ3) is 4.90. The van der Waals surface area contributed by atoms with Crippen molar-refractivity contribution in [2.75, 3.05) is 18.5 Å². The van der Waals surface area contributed by atoms with E-state index in [1.54, 1.807) is 0 Å². The summed E-state index contributed by atoms with van der Waals surface area (Å²) in [4.78, 5) is 28.5. The molecule has 3 aromatic rings. The molecule has 0 bridgehead atoms. The van der Waals surface area contributed by atoms with Gasteiger partial charge in [0.2, 0.25) is 0 Å². The average molecular weight is 557 g/mol. The number of rotatable bonds is 11. The van der Waals surface area contributed by atoms with E-state index in [-0.39, 0.29) is 23.3 Å². The highest BCUT2D eigenvalue weighted by molar-refractivity contribution is 7.53. The van der Waals surface area contributed by atoms with Crippen LogP contribution in [0, 0.1) is 0 Å². The molecule has 2 fully saturated rings. The number of hydrogen-bond donors (Lipinski definition) is 8. The minimum atomic E-state index is -5.12. The fourth-order valence-electron chi connectivity index (χ4n) is 4.33. The van der Waals surface area contributed by atoms with Crippen molar-refractivity contribution in [3.8, 4) is 0 Å². The molecular formula is C19H28N9O9P. The maximum Gasteiger partial charge on any atom is 0.359 e. The molecule has 2 aliphatic rings. The summed E-state index contributed by atoms with van der Waals surface area (Å²) >= 11 is 0. The fraction of sp³-hybridized carbons (Fsp3) is 0.684. The monoisotopic (exact) mass is 557 g/mol. The standard InChI is InChI=1S/C19H28N9O9P/c29-6-13-22-16(21-9-2-1-3-9)10-5-20-28(17(10)23-13)18-15(32)14(31)11(37-18)7-36-19(8-30,38(33,34)35)4-12-24-26-27-25-12/h5,9,11,14-15,18,29-32H,1-4,6-8H2,(H,21,22,23)(H2,33,34,35)(H,24,25,26,27)/t11-,14-,15-,18+,19?/m1/s1. The van der Waals surface area contributed by atoms with E-state index in [2.05, 4.69) is 41.0 Å². The van der Waals surface area contributed by atoms with Crippen molar-refractivity contribution < 1.29 is 44.3 Å². The van der Waals surface area contributed by atoms with Gasteiger partial charge in [0, 0.05) is 6.04 Å². The van der Waals surface area contributed by atoms with Crippen molar-refractivity contribution in [1.29, 1.82) is 0 Å². The van der Waals surface area contributed by atoms with Gasteiger partial charge in [-0.2, -0.15) is 10.3 Å². The third-order valence-corrected chi connectivity index (χ3v) is 8.27. The van der Waals surface area contributed by atoms with Crippen molar-refractivity contribution in [2.45, 2.75) is 68.2 Å². The summed E-state index contributed by atoms with van der Waals surface area (Å²) in [6.07, 6.45) is -1.70. The molecule has 1 unspecified atom stereocenters. The summed E-state index contributed by atoms with van der Waals surface area (Å²) < 4.78 is 24.8. The van der Waals surface area contributed by atoms with Crippen molar-refractivity contribution in [2.24, 2.45) is 0 Å². The number of anilines is 1. The Kier molecular flexibility index (Phi) is 7.42. The number of tetrazole rings is 1. The molecule has 1 aliphatic heterocycles. The lowest BCUT2D eigenvalue weighted by Gasteiger charge is -2.32. The molecule has 0 aromatic carbocycles. The van der Waals surface area contributed by atoms with Crippen LogP contribution in [0.15, 0.2) is 6.20 Å². The highest BCUT2D eigenvalue weighted by atomic mass is 31.2. The first-order valence-corrected chi connectivity index (χ1v) is 13.4. The molecule has 0 amide bonds. The van der Waals surface area contributed by atoms with E-state index in [1.807, 2.05) is 0 Å². The van der Waals surface area contributed by atoms with Gasteiger partial charge in [0.05, 0.1) is 31.2 Å². The van der Waals surface area contributed by atoms with Crippen LogP contribution in [0.3, 0.4) is 0 Å². The number of aromatic amines is 1. The first-order valence-electron chi connectivity index (χ1n) is 11.8. The van der Waals surface area contributed by atoms with Crippen molar-refractivity contribution in [3.63, 3.8) is 0 Å². The summed E-state index contributed by atoms with van der Waals surface area (Å²) in [7, 11) is -5.12. The van der Waals surface area contributed by atoms with Gasteiger partial charge in [-0.3, -0.25) is 4.57 Å². The molecule has 4 heterocycles. The van der Waals surface area contributed by atoms with Gasteiger partial charge < -0.3 is 45.0 Å². The van der Waals surface area contributed by atoms with Crippen LogP contribution in [-0.2, 0) is 27.1 Å². The number of nitrogens with one attached hydrogen (secondary N) is 2. The second-order valence-corrected chi connectivity index (χ2v) is 11.2.